The van der Waals surface area contributed by atoms with Gasteiger partial charge < -0.3 is 5.32 Å². The van der Waals surface area contributed by atoms with Crippen molar-refractivity contribution in [2.45, 2.75) is 0 Å². The van der Waals surface area contributed by atoms with Crippen molar-refractivity contribution in [3.8, 4) is 0 Å². The number of aromatic nitrogens is 2. The molecule has 86 valence electrons. The molecule has 0 bridgehead atoms. The fourth-order valence-corrected chi connectivity index (χ4v) is 1.93. The van der Waals surface area contributed by atoms with Crippen LogP contribution in [0.1, 0.15) is 10.5 Å². The Bertz CT molecular complexity index is 545. The molecule has 0 aliphatic heterocycles. The number of rotatable bonds is 2. The lowest BCUT2D eigenvalue weighted by Gasteiger charge is -2.04. The fourth-order valence-electron chi connectivity index (χ4n) is 1.18. The van der Waals surface area contributed by atoms with E-state index in [0.717, 1.165) is 3.57 Å². The van der Waals surface area contributed by atoms with E-state index >= 15 is 0 Å². The highest BCUT2D eigenvalue weighted by atomic mass is 127. The monoisotopic (exact) mass is 403 g/mol. The lowest BCUT2D eigenvalue weighted by atomic mass is 10.3. The first-order valence-electron chi connectivity index (χ1n) is 4.70. The van der Waals surface area contributed by atoms with E-state index in [-0.39, 0.29) is 5.91 Å². The van der Waals surface area contributed by atoms with E-state index in [1.54, 1.807) is 30.6 Å². The Morgan fingerprint density at radius 2 is 2.12 bits per heavy atom. The molecule has 4 nitrogen and oxygen atoms in total. The molecule has 2 heterocycles. The lowest BCUT2D eigenvalue weighted by Crippen LogP contribution is -2.15. The molecule has 1 amide bonds. The molecule has 0 unspecified atom stereocenters. The van der Waals surface area contributed by atoms with Crippen LogP contribution in [0.5, 0.6) is 0 Å². The quantitative estimate of drug-likeness (QED) is 0.784. The normalized spacial score (nSPS) is 10.0. The molecule has 0 aromatic carbocycles. The first-order valence-corrected chi connectivity index (χ1v) is 6.57. The average molecular weight is 404 g/mol. The number of nitrogens with zero attached hydrogens (tertiary/aromatic N) is 2. The first kappa shape index (κ1) is 12.4. The summed E-state index contributed by atoms with van der Waals surface area (Å²) < 4.78 is 1.67. The Morgan fingerprint density at radius 1 is 1.29 bits per heavy atom. The summed E-state index contributed by atoms with van der Waals surface area (Å²) in [5.41, 5.74) is 0.341. The van der Waals surface area contributed by atoms with Gasteiger partial charge in [0.25, 0.3) is 5.91 Å². The molecule has 2 rings (SSSR count). The van der Waals surface area contributed by atoms with Gasteiger partial charge in [0.1, 0.15) is 11.5 Å². The van der Waals surface area contributed by atoms with Gasteiger partial charge in [0.15, 0.2) is 0 Å². The van der Waals surface area contributed by atoms with Crippen molar-refractivity contribution in [2.75, 3.05) is 5.32 Å². The molecular formula is C11H7BrIN3O. The summed E-state index contributed by atoms with van der Waals surface area (Å²) in [6.07, 6.45) is 3.25. The Hall–Kier alpha value is -1.02. The molecule has 0 aliphatic carbocycles. The molecule has 0 spiro atoms. The van der Waals surface area contributed by atoms with Crippen LogP contribution in [0, 0.1) is 3.57 Å². The number of pyridine rings is 2. The fraction of sp³-hybridized carbons (Fsp3) is 0. The molecule has 1 N–H and O–H groups in total. The second-order valence-corrected chi connectivity index (χ2v) is 5.25. The zero-order valence-corrected chi connectivity index (χ0v) is 12.3. The Balaban J connectivity index is 2.17. The Labute approximate surface area is 120 Å². The zero-order valence-electron chi connectivity index (χ0n) is 8.52. The maximum absolute atomic E-state index is 11.9. The second-order valence-electron chi connectivity index (χ2n) is 3.15. The number of carbonyl (C=O) groups is 1. The van der Waals surface area contributed by atoms with Crippen LogP contribution in [0.3, 0.4) is 0 Å². The first-order chi connectivity index (χ1) is 8.16. The molecule has 0 aliphatic rings. The molecule has 0 atom stereocenters. The summed E-state index contributed by atoms with van der Waals surface area (Å²) >= 11 is 5.43. The van der Waals surface area contributed by atoms with Gasteiger partial charge >= 0.3 is 0 Å². The topological polar surface area (TPSA) is 54.9 Å². The van der Waals surface area contributed by atoms with Gasteiger partial charge in [-0.2, -0.15) is 0 Å². The number of nitrogens with one attached hydrogen (secondary N) is 1. The molecule has 0 radical (unpaired) electrons. The number of carbonyl (C=O) groups excluding carboxylic acids is 1. The smallest absolute Gasteiger partial charge is 0.276 e. The van der Waals surface area contributed by atoms with Gasteiger partial charge in [-0.25, -0.2) is 9.97 Å². The van der Waals surface area contributed by atoms with Crippen LogP contribution in [0.25, 0.3) is 0 Å². The molecule has 0 saturated heterocycles. The van der Waals surface area contributed by atoms with Crippen LogP contribution in [0.15, 0.2) is 41.1 Å². The van der Waals surface area contributed by atoms with E-state index in [1.807, 2.05) is 6.07 Å². The van der Waals surface area contributed by atoms with Crippen molar-refractivity contribution >= 4 is 50.2 Å². The van der Waals surface area contributed by atoms with Gasteiger partial charge in [0.05, 0.1) is 0 Å². The molecule has 0 fully saturated rings. The van der Waals surface area contributed by atoms with Crippen molar-refractivity contribution < 1.29 is 4.79 Å². The SMILES string of the molecule is O=C(Nc1ccc(I)cn1)c1ncccc1Br. The van der Waals surface area contributed by atoms with Crippen molar-refractivity contribution in [1.29, 1.82) is 0 Å². The molecule has 6 heteroatoms. The largest absolute Gasteiger partial charge is 0.305 e. The molecule has 0 saturated carbocycles. The van der Waals surface area contributed by atoms with E-state index in [2.05, 4.69) is 53.8 Å². The second kappa shape index (κ2) is 5.54. The number of amides is 1. The third kappa shape index (κ3) is 3.22. The van der Waals surface area contributed by atoms with Gasteiger partial charge in [0.2, 0.25) is 0 Å². The van der Waals surface area contributed by atoms with Gasteiger partial charge in [0, 0.05) is 20.4 Å². The van der Waals surface area contributed by atoms with E-state index in [1.165, 1.54) is 0 Å². The Morgan fingerprint density at radius 3 is 2.76 bits per heavy atom. The predicted octanol–water partition coefficient (Wildman–Crippen LogP) is 3.10. The number of anilines is 1. The van der Waals surface area contributed by atoms with Crippen LogP contribution in [0.4, 0.5) is 5.82 Å². The Kier molecular flexibility index (Phi) is 4.06. The summed E-state index contributed by atoms with van der Waals surface area (Å²) in [5.74, 6) is 0.221. The molecular weight excluding hydrogens is 397 g/mol. The summed E-state index contributed by atoms with van der Waals surface area (Å²) in [4.78, 5) is 20.0. The number of hydrogen-bond acceptors (Lipinski definition) is 3. The molecule has 2 aromatic heterocycles. The van der Waals surface area contributed by atoms with Crippen LogP contribution < -0.4 is 5.32 Å². The minimum Gasteiger partial charge on any atom is -0.305 e. The predicted molar refractivity (Wildman–Crippen MR) is 76.8 cm³/mol. The van der Waals surface area contributed by atoms with E-state index in [4.69, 9.17) is 0 Å². The van der Waals surface area contributed by atoms with Crippen LogP contribution in [-0.2, 0) is 0 Å². The summed E-state index contributed by atoms with van der Waals surface area (Å²) in [5, 5.41) is 2.68. The maximum atomic E-state index is 11.9. The minimum atomic E-state index is -0.286. The van der Waals surface area contributed by atoms with E-state index in [0.29, 0.717) is 16.0 Å². The number of halogens is 2. The van der Waals surface area contributed by atoms with Crippen molar-refractivity contribution in [1.82, 2.24) is 9.97 Å². The lowest BCUT2D eigenvalue weighted by molar-refractivity contribution is 0.102. The van der Waals surface area contributed by atoms with Crippen LogP contribution >= 0.6 is 38.5 Å². The van der Waals surface area contributed by atoms with Gasteiger partial charge in [-0.05, 0) is 62.8 Å². The van der Waals surface area contributed by atoms with E-state index < -0.39 is 0 Å². The third-order valence-electron chi connectivity index (χ3n) is 1.94. The van der Waals surface area contributed by atoms with Crippen LogP contribution in [-0.4, -0.2) is 15.9 Å². The highest BCUT2D eigenvalue weighted by Crippen LogP contribution is 2.15. The summed E-state index contributed by atoms with van der Waals surface area (Å²) in [7, 11) is 0. The van der Waals surface area contributed by atoms with Gasteiger partial charge in [-0.15, -0.1) is 0 Å². The van der Waals surface area contributed by atoms with Gasteiger partial charge in [-0.1, -0.05) is 0 Å². The third-order valence-corrected chi connectivity index (χ3v) is 3.22. The summed E-state index contributed by atoms with van der Waals surface area (Å²) in [6, 6.07) is 7.14. The van der Waals surface area contributed by atoms with Crippen LogP contribution in [0.2, 0.25) is 0 Å². The highest BCUT2D eigenvalue weighted by Gasteiger charge is 2.11. The van der Waals surface area contributed by atoms with Crippen molar-refractivity contribution in [3.05, 3.63) is 50.4 Å². The average Bonchev–Trinajstić information content (AvgIpc) is 2.32. The van der Waals surface area contributed by atoms with E-state index in [9.17, 15) is 4.79 Å². The minimum absolute atomic E-state index is 0.286. The summed E-state index contributed by atoms with van der Waals surface area (Å²) in [6.45, 7) is 0. The van der Waals surface area contributed by atoms with Gasteiger partial charge in [-0.3, -0.25) is 4.79 Å². The standard InChI is InChI=1S/C11H7BrIN3O/c12-8-2-1-5-14-10(8)11(17)16-9-4-3-7(13)6-15-9/h1-6H,(H,15,16,17). The highest BCUT2D eigenvalue weighted by molar-refractivity contribution is 14.1. The zero-order chi connectivity index (χ0) is 12.3. The van der Waals surface area contributed by atoms with Crippen molar-refractivity contribution in [3.63, 3.8) is 0 Å². The van der Waals surface area contributed by atoms with Crippen molar-refractivity contribution in [2.24, 2.45) is 0 Å². The number of hydrogen-bond donors (Lipinski definition) is 1. The molecule has 2 aromatic rings. The molecule has 17 heavy (non-hydrogen) atoms. The maximum Gasteiger partial charge on any atom is 0.276 e.